The second kappa shape index (κ2) is 7.51. The summed E-state index contributed by atoms with van der Waals surface area (Å²) in [5, 5.41) is 2.86. The van der Waals surface area contributed by atoms with E-state index in [0.29, 0.717) is 16.4 Å². The number of hydrogen-bond donors (Lipinski definition) is 0. The number of halogens is 1. The topological polar surface area (TPSA) is 34.4 Å². The first-order valence-electron chi connectivity index (χ1n) is 8.60. The Balaban J connectivity index is 1.77. The monoisotopic (exact) mass is 392 g/mol. The highest BCUT2D eigenvalue weighted by Gasteiger charge is 2.11. The molecule has 0 saturated heterocycles. The standard InChI is InChI=1S/C22H17ClN2OS/c1-2-13-25-21-18(23)11-6-12-19(21)27-22(25)24-20(26)14-16-9-5-8-15-7-3-4-10-17(15)16/h2-12H,1,13-14H2. The second-order valence-corrected chi connectivity index (χ2v) is 7.61. The normalized spacial score (nSPS) is 12.0. The molecule has 1 heterocycles. The quantitative estimate of drug-likeness (QED) is 0.430. The Labute approximate surface area is 165 Å². The molecule has 0 aliphatic heterocycles. The van der Waals surface area contributed by atoms with Crippen molar-refractivity contribution in [3.05, 3.63) is 88.7 Å². The molecule has 27 heavy (non-hydrogen) atoms. The molecule has 0 spiro atoms. The Morgan fingerprint density at radius 1 is 1.11 bits per heavy atom. The molecule has 0 radical (unpaired) electrons. The predicted octanol–water partition coefficient (Wildman–Crippen LogP) is 5.37. The van der Waals surface area contributed by atoms with E-state index in [-0.39, 0.29) is 12.3 Å². The molecule has 0 aliphatic rings. The third-order valence-corrected chi connectivity index (χ3v) is 5.75. The molecule has 0 unspecified atom stereocenters. The van der Waals surface area contributed by atoms with Gasteiger partial charge in [0.05, 0.1) is 21.7 Å². The van der Waals surface area contributed by atoms with E-state index in [1.165, 1.54) is 11.3 Å². The van der Waals surface area contributed by atoms with Crippen LogP contribution in [0.2, 0.25) is 5.02 Å². The minimum atomic E-state index is -0.174. The summed E-state index contributed by atoms with van der Waals surface area (Å²) in [5.41, 5.74) is 1.87. The van der Waals surface area contributed by atoms with Gasteiger partial charge in [-0.15, -0.1) is 6.58 Å². The zero-order valence-corrected chi connectivity index (χ0v) is 16.1. The Morgan fingerprint density at radius 2 is 1.89 bits per heavy atom. The van der Waals surface area contributed by atoms with Gasteiger partial charge in [0, 0.05) is 6.54 Å². The van der Waals surface area contributed by atoms with E-state index in [9.17, 15) is 4.79 Å². The van der Waals surface area contributed by atoms with E-state index in [0.717, 1.165) is 26.6 Å². The van der Waals surface area contributed by atoms with E-state index in [2.05, 4.69) is 11.6 Å². The highest BCUT2D eigenvalue weighted by atomic mass is 35.5. The molecule has 0 N–H and O–H groups in total. The molecule has 0 fully saturated rings. The van der Waals surface area contributed by atoms with Gasteiger partial charge in [0.15, 0.2) is 4.80 Å². The van der Waals surface area contributed by atoms with Gasteiger partial charge in [0.25, 0.3) is 5.91 Å². The van der Waals surface area contributed by atoms with Gasteiger partial charge in [-0.05, 0) is 28.5 Å². The maximum Gasteiger partial charge on any atom is 0.252 e. The molecule has 4 rings (SSSR count). The minimum absolute atomic E-state index is 0.174. The van der Waals surface area contributed by atoms with Crippen molar-refractivity contribution in [3.8, 4) is 0 Å². The predicted molar refractivity (Wildman–Crippen MR) is 113 cm³/mol. The van der Waals surface area contributed by atoms with Gasteiger partial charge < -0.3 is 4.57 Å². The van der Waals surface area contributed by atoms with Gasteiger partial charge in [-0.25, -0.2) is 0 Å². The van der Waals surface area contributed by atoms with Gasteiger partial charge in [0.1, 0.15) is 0 Å². The third kappa shape index (κ3) is 3.46. The van der Waals surface area contributed by atoms with Crippen molar-refractivity contribution in [2.24, 2.45) is 4.99 Å². The van der Waals surface area contributed by atoms with Gasteiger partial charge in [-0.3, -0.25) is 4.79 Å². The molecule has 3 nitrogen and oxygen atoms in total. The molecular weight excluding hydrogens is 376 g/mol. The van der Waals surface area contributed by atoms with Crippen molar-refractivity contribution >= 4 is 49.8 Å². The van der Waals surface area contributed by atoms with Crippen LogP contribution in [0.1, 0.15) is 5.56 Å². The Hall–Kier alpha value is -2.69. The number of hydrogen-bond acceptors (Lipinski definition) is 2. The number of carbonyl (C=O) groups excluding carboxylic acids is 1. The fourth-order valence-corrected chi connectivity index (χ4v) is 4.64. The Bertz CT molecular complexity index is 1230. The maximum atomic E-state index is 12.7. The summed E-state index contributed by atoms with van der Waals surface area (Å²) in [5.74, 6) is -0.174. The first-order chi connectivity index (χ1) is 13.2. The lowest BCUT2D eigenvalue weighted by Crippen LogP contribution is -2.17. The van der Waals surface area contributed by atoms with Crippen LogP contribution in [0.4, 0.5) is 0 Å². The summed E-state index contributed by atoms with van der Waals surface area (Å²) in [6.45, 7) is 4.35. The number of carbonyl (C=O) groups is 1. The Morgan fingerprint density at radius 3 is 2.74 bits per heavy atom. The van der Waals surface area contributed by atoms with Crippen LogP contribution in [0.5, 0.6) is 0 Å². The highest BCUT2D eigenvalue weighted by Crippen LogP contribution is 2.25. The number of rotatable bonds is 4. The average molecular weight is 393 g/mol. The third-order valence-electron chi connectivity index (χ3n) is 4.41. The molecule has 1 aromatic heterocycles. The van der Waals surface area contributed by atoms with Crippen LogP contribution in [-0.2, 0) is 17.8 Å². The van der Waals surface area contributed by atoms with Crippen LogP contribution in [0.15, 0.2) is 78.3 Å². The smallest absolute Gasteiger partial charge is 0.252 e. The molecular formula is C22H17ClN2OS. The van der Waals surface area contributed by atoms with Crippen LogP contribution >= 0.6 is 22.9 Å². The average Bonchev–Trinajstić information content (AvgIpc) is 3.01. The van der Waals surface area contributed by atoms with E-state index in [4.69, 9.17) is 11.6 Å². The number of thiazole rings is 1. The lowest BCUT2D eigenvalue weighted by Gasteiger charge is -2.04. The molecule has 3 aromatic carbocycles. The van der Waals surface area contributed by atoms with Crippen molar-refractivity contribution in [1.29, 1.82) is 0 Å². The molecule has 0 atom stereocenters. The molecule has 134 valence electrons. The fraction of sp³-hybridized carbons (Fsp3) is 0.0909. The lowest BCUT2D eigenvalue weighted by molar-refractivity contribution is -0.117. The van der Waals surface area contributed by atoms with Crippen LogP contribution in [-0.4, -0.2) is 10.5 Å². The van der Waals surface area contributed by atoms with Crippen LogP contribution in [0.25, 0.3) is 21.0 Å². The number of amides is 1. The van der Waals surface area contributed by atoms with E-state index >= 15 is 0 Å². The number of benzene rings is 3. The van der Waals surface area contributed by atoms with Crippen molar-refractivity contribution < 1.29 is 4.79 Å². The summed E-state index contributed by atoms with van der Waals surface area (Å²) >= 11 is 7.83. The first kappa shape index (κ1) is 17.7. The largest absolute Gasteiger partial charge is 0.311 e. The van der Waals surface area contributed by atoms with Gasteiger partial charge in [-0.1, -0.05) is 77.5 Å². The lowest BCUT2D eigenvalue weighted by atomic mass is 10.0. The summed E-state index contributed by atoms with van der Waals surface area (Å²) in [4.78, 5) is 17.7. The maximum absolute atomic E-state index is 12.7. The number of allylic oxidation sites excluding steroid dienone is 1. The van der Waals surface area contributed by atoms with Gasteiger partial charge in [0.2, 0.25) is 0 Å². The van der Waals surface area contributed by atoms with Gasteiger partial charge >= 0.3 is 0 Å². The highest BCUT2D eigenvalue weighted by molar-refractivity contribution is 7.16. The number of nitrogens with zero attached hydrogens (tertiary/aromatic N) is 2. The van der Waals surface area contributed by atoms with E-state index in [1.54, 1.807) is 6.08 Å². The molecule has 0 aliphatic carbocycles. The van der Waals surface area contributed by atoms with Crippen molar-refractivity contribution in [2.45, 2.75) is 13.0 Å². The SMILES string of the molecule is C=CCn1c(=NC(=O)Cc2cccc3ccccc23)sc2cccc(Cl)c21. The summed E-state index contributed by atoms with van der Waals surface area (Å²) < 4.78 is 2.94. The van der Waals surface area contributed by atoms with Crippen molar-refractivity contribution in [2.75, 3.05) is 0 Å². The fourth-order valence-electron chi connectivity index (χ4n) is 3.23. The second-order valence-electron chi connectivity index (χ2n) is 6.19. The van der Waals surface area contributed by atoms with Crippen molar-refractivity contribution in [1.82, 2.24) is 4.57 Å². The summed E-state index contributed by atoms with van der Waals surface area (Å²) in [7, 11) is 0. The van der Waals surface area contributed by atoms with Gasteiger partial charge in [-0.2, -0.15) is 4.99 Å². The first-order valence-corrected chi connectivity index (χ1v) is 9.80. The van der Waals surface area contributed by atoms with Crippen LogP contribution < -0.4 is 4.80 Å². The minimum Gasteiger partial charge on any atom is -0.311 e. The molecule has 5 heteroatoms. The summed E-state index contributed by atoms with van der Waals surface area (Å²) in [6.07, 6.45) is 2.04. The van der Waals surface area contributed by atoms with Crippen molar-refractivity contribution in [3.63, 3.8) is 0 Å². The number of aromatic nitrogens is 1. The molecule has 0 saturated carbocycles. The Kier molecular flexibility index (Phi) is 4.92. The number of para-hydroxylation sites is 1. The summed E-state index contributed by atoms with van der Waals surface area (Å²) in [6, 6.07) is 19.8. The molecule has 0 bridgehead atoms. The number of fused-ring (bicyclic) bond motifs is 2. The molecule has 1 amide bonds. The van der Waals surface area contributed by atoms with E-state index in [1.807, 2.05) is 65.2 Å². The van der Waals surface area contributed by atoms with Crippen LogP contribution in [0, 0.1) is 0 Å². The zero-order valence-electron chi connectivity index (χ0n) is 14.6. The molecule has 4 aromatic rings. The van der Waals surface area contributed by atoms with E-state index < -0.39 is 0 Å². The van der Waals surface area contributed by atoms with Crippen LogP contribution in [0.3, 0.4) is 0 Å². The zero-order chi connectivity index (χ0) is 18.8.